The number of anilines is 1. The number of aliphatic carboxylic acids is 1. The van der Waals surface area contributed by atoms with Crippen molar-refractivity contribution in [3.8, 4) is 11.5 Å². The fraction of sp³-hybridized carbons (Fsp3) is 0.306. The molecule has 0 saturated carbocycles. The highest BCUT2D eigenvalue weighted by molar-refractivity contribution is 6.39. The predicted octanol–water partition coefficient (Wildman–Crippen LogP) is 4.58. The van der Waals surface area contributed by atoms with Crippen LogP contribution in [0.1, 0.15) is 48.9 Å². The molecular formula is C36H35Cl2N5O10. The molecule has 2 fully saturated rings. The molecule has 0 unspecified atom stereocenters. The van der Waals surface area contributed by atoms with Gasteiger partial charge in [0.05, 0.1) is 21.7 Å². The summed E-state index contributed by atoms with van der Waals surface area (Å²) in [5.74, 6) is -3.95. The van der Waals surface area contributed by atoms with Crippen molar-refractivity contribution in [3.05, 3.63) is 88.4 Å². The van der Waals surface area contributed by atoms with Crippen LogP contribution < -0.4 is 20.7 Å². The summed E-state index contributed by atoms with van der Waals surface area (Å²) in [6, 6.07) is 15.3. The van der Waals surface area contributed by atoms with E-state index in [-0.39, 0.29) is 47.8 Å². The molecule has 0 aromatic heterocycles. The van der Waals surface area contributed by atoms with Gasteiger partial charge in [-0.05, 0) is 74.2 Å². The smallest absolute Gasteiger partial charge is 0.341 e. The van der Waals surface area contributed by atoms with Gasteiger partial charge >= 0.3 is 18.0 Å². The number of ether oxygens (including phenoxy) is 2. The molecule has 5 rings (SSSR count). The topological polar surface area (TPSA) is 201 Å². The Kier molecular flexibility index (Phi) is 12.9. The Hall–Kier alpha value is -5.67. The van der Waals surface area contributed by atoms with Crippen molar-refractivity contribution < 1.29 is 48.1 Å². The van der Waals surface area contributed by atoms with Crippen LogP contribution in [0.25, 0.3) is 0 Å². The Morgan fingerprint density at radius 3 is 2.25 bits per heavy atom. The van der Waals surface area contributed by atoms with E-state index >= 15 is 0 Å². The zero-order chi connectivity index (χ0) is 38.1. The van der Waals surface area contributed by atoms with Gasteiger partial charge < -0.3 is 30.5 Å². The number of Topliss-reactive ketones (excluding diaryl/α,β-unsaturated/α-hetero) is 1. The van der Waals surface area contributed by atoms with Gasteiger partial charge in [-0.3, -0.25) is 29.0 Å². The van der Waals surface area contributed by atoms with Crippen LogP contribution in [0.4, 0.5) is 10.5 Å². The Morgan fingerprint density at radius 2 is 1.57 bits per heavy atom. The van der Waals surface area contributed by atoms with E-state index in [1.807, 2.05) is 18.2 Å². The summed E-state index contributed by atoms with van der Waals surface area (Å²) in [7, 11) is 0. The number of amides is 5. The van der Waals surface area contributed by atoms with Crippen LogP contribution in [0.3, 0.4) is 0 Å². The normalized spacial score (nSPS) is 17.5. The highest BCUT2D eigenvalue weighted by Crippen LogP contribution is 2.27. The van der Waals surface area contributed by atoms with Crippen LogP contribution >= 0.6 is 23.2 Å². The number of urea groups is 1. The number of esters is 1. The number of carbonyl (C=O) groups excluding carboxylic acids is 6. The highest BCUT2D eigenvalue weighted by Gasteiger charge is 2.45. The van der Waals surface area contributed by atoms with Crippen LogP contribution in [0.5, 0.6) is 11.5 Å². The number of carbonyl (C=O) groups is 7. The quantitative estimate of drug-likeness (QED) is 0.179. The average Bonchev–Trinajstić information content (AvgIpc) is 3.25. The van der Waals surface area contributed by atoms with Crippen LogP contribution in [0.2, 0.25) is 10.0 Å². The second-order valence-electron chi connectivity index (χ2n) is 12.1. The fourth-order valence-electron chi connectivity index (χ4n) is 5.81. The molecule has 0 bridgehead atoms. The Morgan fingerprint density at radius 1 is 0.887 bits per heavy atom. The molecule has 2 saturated heterocycles. The Balaban J connectivity index is 1.24. The first-order valence-electron chi connectivity index (χ1n) is 16.6. The largest absolute Gasteiger partial charge is 0.481 e. The number of para-hydroxylation sites is 1. The van der Waals surface area contributed by atoms with Gasteiger partial charge in [-0.2, -0.15) is 0 Å². The molecule has 0 radical (unpaired) electrons. The lowest BCUT2D eigenvalue weighted by molar-refractivity contribution is -0.176. The van der Waals surface area contributed by atoms with E-state index < -0.39 is 72.6 Å². The van der Waals surface area contributed by atoms with Crippen molar-refractivity contribution in [2.45, 2.75) is 56.7 Å². The van der Waals surface area contributed by atoms with Crippen molar-refractivity contribution in [2.75, 3.05) is 18.5 Å². The third-order valence-corrected chi connectivity index (χ3v) is 9.05. The van der Waals surface area contributed by atoms with E-state index in [1.165, 1.54) is 18.2 Å². The minimum atomic E-state index is -1.44. The molecule has 15 nitrogen and oxygen atoms in total. The molecule has 3 aromatic rings. The third-order valence-electron chi connectivity index (χ3n) is 8.42. The van der Waals surface area contributed by atoms with E-state index in [0.29, 0.717) is 23.6 Å². The first-order valence-corrected chi connectivity index (χ1v) is 17.4. The number of rotatable bonds is 13. The lowest BCUT2D eigenvalue weighted by Crippen LogP contribution is -2.64. The van der Waals surface area contributed by atoms with E-state index in [0.717, 1.165) is 10.0 Å². The first kappa shape index (κ1) is 38.6. The number of hydrazine groups is 1. The molecular weight excluding hydrogens is 733 g/mol. The molecule has 3 aromatic carbocycles. The van der Waals surface area contributed by atoms with Gasteiger partial charge in [0.25, 0.3) is 5.91 Å². The summed E-state index contributed by atoms with van der Waals surface area (Å²) in [4.78, 5) is 91.1. The van der Waals surface area contributed by atoms with Crippen molar-refractivity contribution in [3.63, 3.8) is 0 Å². The zero-order valence-corrected chi connectivity index (χ0v) is 29.6. The number of ketones is 1. The van der Waals surface area contributed by atoms with Gasteiger partial charge in [-0.1, -0.05) is 47.5 Å². The lowest BCUT2D eigenvalue weighted by atomic mass is 10.0. The van der Waals surface area contributed by atoms with Crippen LogP contribution in [0, 0.1) is 0 Å². The number of carboxylic acid groups (broad SMARTS) is 1. The molecule has 3 atom stereocenters. The summed E-state index contributed by atoms with van der Waals surface area (Å²) in [5.41, 5.74) is 0.221. The molecule has 5 amide bonds. The summed E-state index contributed by atoms with van der Waals surface area (Å²) >= 11 is 12.1. The van der Waals surface area contributed by atoms with E-state index in [1.54, 1.807) is 36.4 Å². The van der Waals surface area contributed by atoms with E-state index in [2.05, 4.69) is 16.0 Å². The van der Waals surface area contributed by atoms with Gasteiger partial charge in [0.2, 0.25) is 11.8 Å². The number of nitrogens with one attached hydrogen (secondary N) is 3. The fourth-order valence-corrected chi connectivity index (χ4v) is 6.37. The molecule has 0 aliphatic carbocycles. The molecule has 2 heterocycles. The van der Waals surface area contributed by atoms with Crippen molar-refractivity contribution >= 4 is 70.4 Å². The summed E-state index contributed by atoms with van der Waals surface area (Å²) in [6.45, 7) is -0.723. The number of nitrogens with zero attached hydrogens (tertiary/aromatic N) is 2. The minimum Gasteiger partial charge on any atom is -0.481 e. The molecule has 4 N–H and O–H groups in total. The van der Waals surface area contributed by atoms with Gasteiger partial charge in [-0.15, -0.1) is 0 Å². The monoisotopic (exact) mass is 767 g/mol. The second kappa shape index (κ2) is 17.7. The third kappa shape index (κ3) is 10.0. The zero-order valence-electron chi connectivity index (χ0n) is 28.1. The number of halogens is 2. The van der Waals surface area contributed by atoms with Crippen molar-refractivity contribution in [1.29, 1.82) is 0 Å². The van der Waals surface area contributed by atoms with Gasteiger partial charge in [0.1, 0.15) is 23.6 Å². The number of hydrogen-bond acceptors (Lipinski definition) is 9. The Bertz CT molecular complexity index is 1860. The molecule has 0 spiro atoms. The van der Waals surface area contributed by atoms with Crippen molar-refractivity contribution in [1.82, 2.24) is 20.7 Å². The molecule has 278 valence electrons. The van der Waals surface area contributed by atoms with E-state index in [9.17, 15) is 38.7 Å². The standard InChI is InChI=1S/C36H35Cl2N5O10/c37-24-8-4-9-25(38)32(24)35(50)52-20-29(44)26(16-18-31(46)47)40-33(48)28-10-5-19-42-30(45)17-15-27(34(49)43(28)42)41-36(51)39-21-11-13-23(14-12-21)53-22-6-2-1-3-7-22/h1-4,6-9,11-14,26-28H,5,10,15-20H2,(H,40,48)(H,46,47)(H2,39,41,51)/t26-,27-,28-/m0/s1. The molecule has 17 heteroatoms. The molecule has 53 heavy (non-hydrogen) atoms. The maximum Gasteiger partial charge on any atom is 0.341 e. The molecule has 2 aliphatic rings. The average molecular weight is 769 g/mol. The lowest BCUT2D eigenvalue weighted by Gasteiger charge is -2.43. The SMILES string of the molecule is O=C(O)CC[C@H](NC(=O)[C@@H]1CCCN2C(=O)CC[C@H](NC(=O)Nc3ccc(Oc4ccccc4)cc3)C(=O)N12)C(=O)COC(=O)c1c(Cl)cccc1Cl. The van der Waals surface area contributed by atoms with Crippen LogP contribution in [-0.2, 0) is 28.7 Å². The number of fused-ring (bicyclic) bond motifs is 1. The summed E-state index contributed by atoms with van der Waals surface area (Å²) < 4.78 is 10.9. The molecule has 2 aliphatic heterocycles. The van der Waals surface area contributed by atoms with Crippen molar-refractivity contribution in [2.24, 2.45) is 0 Å². The second-order valence-corrected chi connectivity index (χ2v) is 12.9. The minimum absolute atomic E-state index is 0.0160. The number of hydrogen-bond donors (Lipinski definition) is 4. The van der Waals surface area contributed by atoms with Gasteiger partial charge in [0, 0.05) is 25.1 Å². The van der Waals surface area contributed by atoms with Gasteiger partial charge in [0.15, 0.2) is 12.4 Å². The van der Waals surface area contributed by atoms with Crippen LogP contribution in [-0.4, -0.2) is 87.9 Å². The first-order chi connectivity index (χ1) is 25.4. The van der Waals surface area contributed by atoms with Gasteiger partial charge in [-0.25, -0.2) is 14.6 Å². The number of benzene rings is 3. The van der Waals surface area contributed by atoms with E-state index in [4.69, 9.17) is 32.7 Å². The Labute approximate surface area is 313 Å². The maximum atomic E-state index is 13.9. The highest BCUT2D eigenvalue weighted by atomic mass is 35.5. The summed E-state index contributed by atoms with van der Waals surface area (Å²) in [6.07, 6.45) is -0.609. The number of carboxylic acids is 1. The summed E-state index contributed by atoms with van der Waals surface area (Å²) in [5, 5.41) is 19.1. The maximum absolute atomic E-state index is 13.9. The predicted molar refractivity (Wildman–Crippen MR) is 190 cm³/mol. The van der Waals surface area contributed by atoms with Crippen LogP contribution in [0.15, 0.2) is 72.8 Å².